The highest BCUT2D eigenvalue weighted by atomic mass is 19.1. The second-order valence-electron chi connectivity index (χ2n) is 5.35. The lowest BCUT2D eigenvalue weighted by Crippen LogP contribution is -2.13. The first kappa shape index (κ1) is 15.0. The molecule has 1 amide bonds. The predicted molar refractivity (Wildman–Crippen MR) is 82.9 cm³/mol. The van der Waals surface area contributed by atoms with Crippen LogP contribution in [0.1, 0.15) is 40.0 Å². The third-order valence-corrected chi connectivity index (χ3v) is 3.37. The molecule has 2 rings (SSSR count). The third-order valence-electron chi connectivity index (χ3n) is 3.37. The van der Waals surface area contributed by atoms with Crippen molar-refractivity contribution in [2.75, 3.05) is 5.32 Å². The van der Waals surface area contributed by atoms with Gasteiger partial charge in [-0.25, -0.2) is 4.39 Å². The van der Waals surface area contributed by atoms with Crippen LogP contribution in [0.2, 0.25) is 0 Å². The molecular weight excluding hydrogens is 267 g/mol. The van der Waals surface area contributed by atoms with Gasteiger partial charge in [-0.05, 0) is 44.5 Å². The van der Waals surface area contributed by atoms with Gasteiger partial charge in [-0.1, -0.05) is 29.3 Å². The lowest BCUT2D eigenvalue weighted by Gasteiger charge is -2.18. The van der Waals surface area contributed by atoms with Crippen LogP contribution in [0.4, 0.5) is 10.1 Å². The quantitative estimate of drug-likeness (QED) is 0.900. The van der Waals surface area contributed by atoms with Crippen LogP contribution in [0.5, 0.6) is 0 Å². The minimum Gasteiger partial charge on any atom is -0.376 e. The van der Waals surface area contributed by atoms with Crippen LogP contribution >= 0.6 is 0 Å². The van der Waals surface area contributed by atoms with Gasteiger partial charge in [0.1, 0.15) is 5.82 Å². The molecule has 1 atom stereocenters. The molecule has 0 heterocycles. The number of hydrogen-bond donors (Lipinski definition) is 2. The molecule has 0 aromatic heterocycles. The average Bonchev–Trinajstić information content (AvgIpc) is 2.39. The summed E-state index contributed by atoms with van der Waals surface area (Å²) in [6, 6.07) is 10.2. The van der Waals surface area contributed by atoms with E-state index < -0.39 is 11.7 Å². The average molecular weight is 286 g/mol. The summed E-state index contributed by atoms with van der Waals surface area (Å²) >= 11 is 0. The number of amides is 1. The topological polar surface area (TPSA) is 55.1 Å². The highest BCUT2D eigenvalue weighted by Crippen LogP contribution is 2.24. The van der Waals surface area contributed by atoms with Crippen molar-refractivity contribution in [3.63, 3.8) is 0 Å². The van der Waals surface area contributed by atoms with Crippen molar-refractivity contribution < 1.29 is 9.18 Å². The molecule has 21 heavy (non-hydrogen) atoms. The van der Waals surface area contributed by atoms with Gasteiger partial charge in [-0.3, -0.25) is 4.79 Å². The fraction of sp³-hybridized carbons (Fsp3) is 0.235. The maximum atomic E-state index is 13.9. The molecule has 0 aliphatic heterocycles. The molecule has 2 aromatic carbocycles. The van der Waals surface area contributed by atoms with E-state index in [2.05, 4.69) is 23.5 Å². The van der Waals surface area contributed by atoms with Crippen LogP contribution in [0, 0.1) is 19.7 Å². The number of aryl methyl sites for hydroxylation is 2. The summed E-state index contributed by atoms with van der Waals surface area (Å²) in [6.07, 6.45) is 0. The first-order valence-electron chi connectivity index (χ1n) is 6.81. The molecule has 3 N–H and O–H groups in total. The number of anilines is 1. The number of carbonyl (C=O) groups excluding carboxylic acids is 1. The minimum atomic E-state index is -0.572. The summed E-state index contributed by atoms with van der Waals surface area (Å²) in [5.74, 6) is -0.978. The van der Waals surface area contributed by atoms with Gasteiger partial charge in [0, 0.05) is 11.6 Å². The maximum Gasteiger partial charge on any atom is 0.248 e. The molecule has 0 bridgehead atoms. The third kappa shape index (κ3) is 3.60. The van der Waals surface area contributed by atoms with Gasteiger partial charge in [0.05, 0.1) is 5.69 Å². The van der Waals surface area contributed by atoms with Crippen LogP contribution in [0.3, 0.4) is 0 Å². The number of primary amides is 1. The Balaban J connectivity index is 2.28. The Morgan fingerprint density at radius 2 is 1.76 bits per heavy atom. The fourth-order valence-electron chi connectivity index (χ4n) is 2.37. The molecule has 4 heteroatoms. The number of nitrogens with two attached hydrogens (primary N) is 1. The number of halogens is 1. The van der Waals surface area contributed by atoms with Crippen molar-refractivity contribution in [3.05, 3.63) is 64.5 Å². The Morgan fingerprint density at radius 3 is 2.33 bits per heavy atom. The monoisotopic (exact) mass is 286 g/mol. The molecule has 0 spiro atoms. The molecule has 0 saturated carbocycles. The Bertz CT molecular complexity index is 662. The van der Waals surface area contributed by atoms with E-state index in [1.165, 1.54) is 18.2 Å². The minimum absolute atomic E-state index is 0.0822. The maximum absolute atomic E-state index is 13.9. The number of nitrogens with one attached hydrogen (secondary N) is 1. The summed E-state index contributed by atoms with van der Waals surface area (Å²) in [6.45, 7) is 6.00. The molecule has 110 valence electrons. The van der Waals surface area contributed by atoms with Gasteiger partial charge in [-0.15, -0.1) is 0 Å². The Hall–Kier alpha value is -2.36. The zero-order chi connectivity index (χ0) is 15.6. The van der Waals surface area contributed by atoms with Crippen molar-refractivity contribution in [2.24, 2.45) is 5.73 Å². The van der Waals surface area contributed by atoms with Crippen LogP contribution in [-0.2, 0) is 0 Å². The van der Waals surface area contributed by atoms with Gasteiger partial charge in [0.15, 0.2) is 0 Å². The normalized spacial score (nSPS) is 12.0. The van der Waals surface area contributed by atoms with E-state index in [1.807, 2.05) is 20.8 Å². The zero-order valence-corrected chi connectivity index (χ0v) is 12.4. The van der Waals surface area contributed by atoms with Gasteiger partial charge in [0.2, 0.25) is 5.91 Å². The molecule has 1 unspecified atom stereocenters. The van der Waals surface area contributed by atoms with E-state index in [9.17, 15) is 9.18 Å². The summed E-state index contributed by atoms with van der Waals surface area (Å²) < 4.78 is 13.9. The van der Waals surface area contributed by atoms with E-state index in [-0.39, 0.29) is 17.3 Å². The van der Waals surface area contributed by atoms with Crippen molar-refractivity contribution in [1.82, 2.24) is 0 Å². The molecule has 0 fully saturated rings. The lowest BCUT2D eigenvalue weighted by atomic mass is 10.0. The van der Waals surface area contributed by atoms with Gasteiger partial charge in [-0.2, -0.15) is 0 Å². The van der Waals surface area contributed by atoms with E-state index in [0.29, 0.717) is 0 Å². The number of benzene rings is 2. The Kier molecular flexibility index (Phi) is 4.26. The van der Waals surface area contributed by atoms with E-state index >= 15 is 0 Å². The molecular formula is C17H19FN2O. The number of rotatable bonds is 4. The second kappa shape index (κ2) is 5.95. The lowest BCUT2D eigenvalue weighted by molar-refractivity contribution is 0.100. The highest BCUT2D eigenvalue weighted by Gasteiger charge is 2.11. The van der Waals surface area contributed by atoms with Crippen molar-refractivity contribution in [2.45, 2.75) is 26.8 Å². The Morgan fingerprint density at radius 1 is 1.14 bits per heavy atom. The van der Waals surface area contributed by atoms with Crippen LogP contribution < -0.4 is 11.1 Å². The molecule has 3 nitrogen and oxygen atoms in total. The van der Waals surface area contributed by atoms with Crippen LogP contribution in [-0.4, -0.2) is 5.91 Å². The fourth-order valence-corrected chi connectivity index (χ4v) is 2.37. The predicted octanol–water partition coefficient (Wildman–Crippen LogP) is 3.71. The highest BCUT2D eigenvalue weighted by molar-refractivity contribution is 5.93. The van der Waals surface area contributed by atoms with Gasteiger partial charge >= 0.3 is 0 Å². The summed E-state index contributed by atoms with van der Waals surface area (Å²) in [5, 5.41) is 3.09. The van der Waals surface area contributed by atoms with Crippen LogP contribution in [0.15, 0.2) is 36.4 Å². The largest absolute Gasteiger partial charge is 0.376 e. The first-order valence-corrected chi connectivity index (χ1v) is 6.81. The molecule has 0 aliphatic carbocycles. The van der Waals surface area contributed by atoms with E-state index in [1.54, 1.807) is 0 Å². The zero-order valence-electron chi connectivity index (χ0n) is 12.4. The molecule has 0 aliphatic rings. The van der Waals surface area contributed by atoms with Gasteiger partial charge < -0.3 is 11.1 Å². The van der Waals surface area contributed by atoms with Crippen molar-refractivity contribution in [1.29, 1.82) is 0 Å². The SMILES string of the molecule is Cc1cc(C)cc(C(C)Nc2cc(C(N)=O)ccc2F)c1. The number of carbonyl (C=O) groups is 1. The van der Waals surface area contributed by atoms with Gasteiger partial charge in [0.25, 0.3) is 0 Å². The molecule has 0 saturated heterocycles. The van der Waals surface area contributed by atoms with E-state index in [4.69, 9.17) is 5.73 Å². The van der Waals surface area contributed by atoms with E-state index in [0.717, 1.165) is 16.7 Å². The van der Waals surface area contributed by atoms with Crippen LogP contribution in [0.25, 0.3) is 0 Å². The first-order chi connectivity index (χ1) is 9.86. The molecule has 2 aromatic rings. The molecule has 0 radical (unpaired) electrons. The summed E-state index contributed by atoms with van der Waals surface area (Å²) in [7, 11) is 0. The second-order valence-corrected chi connectivity index (χ2v) is 5.35. The summed E-state index contributed by atoms with van der Waals surface area (Å²) in [5.41, 5.74) is 9.17. The standard InChI is InChI=1S/C17H19FN2O/c1-10-6-11(2)8-14(7-10)12(3)20-16-9-13(17(19)21)4-5-15(16)18/h4-9,12,20H,1-3H3,(H2,19,21). The summed E-state index contributed by atoms with van der Waals surface area (Å²) in [4.78, 5) is 11.2. The van der Waals surface area contributed by atoms with Crippen molar-refractivity contribution in [3.8, 4) is 0 Å². The number of hydrogen-bond acceptors (Lipinski definition) is 2. The Labute approximate surface area is 124 Å². The van der Waals surface area contributed by atoms with Crippen molar-refractivity contribution >= 4 is 11.6 Å². The smallest absolute Gasteiger partial charge is 0.248 e.